The number of amides is 1. The molecular weight excluding hydrogens is 238 g/mol. The fourth-order valence-electron chi connectivity index (χ4n) is 1.39. The molecule has 0 radical (unpaired) electrons. The maximum absolute atomic E-state index is 11.6. The first-order valence-electron chi connectivity index (χ1n) is 5.36. The van der Waals surface area contributed by atoms with Gasteiger partial charge in [-0.2, -0.15) is 0 Å². The van der Waals surface area contributed by atoms with Crippen LogP contribution in [-0.4, -0.2) is 35.6 Å². The third-order valence-electron chi connectivity index (χ3n) is 2.18. The van der Waals surface area contributed by atoms with Gasteiger partial charge in [-0.15, -0.1) is 0 Å². The molecule has 1 N–H and O–H groups in total. The number of carbonyl (C=O) groups is 1. The second kappa shape index (κ2) is 6.42. The van der Waals surface area contributed by atoms with Crippen molar-refractivity contribution in [3.63, 3.8) is 0 Å². The molecule has 0 aliphatic rings. The van der Waals surface area contributed by atoms with Crippen molar-refractivity contribution in [1.29, 1.82) is 0 Å². The number of benzene rings is 1. The number of aliphatic hydroxyl groups is 1. The van der Waals surface area contributed by atoms with Gasteiger partial charge in [0.25, 0.3) is 0 Å². The van der Waals surface area contributed by atoms with Crippen molar-refractivity contribution in [3.05, 3.63) is 40.9 Å². The lowest BCUT2D eigenvalue weighted by molar-refractivity contribution is -0.125. The summed E-state index contributed by atoms with van der Waals surface area (Å²) >= 11 is 5.83. The monoisotopic (exact) mass is 253 g/mol. The molecular formula is C13H16ClNO2. The Morgan fingerprint density at radius 1 is 1.59 bits per heavy atom. The minimum Gasteiger partial charge on any atom is -0.392 e. The number of aliphatic hydroxyl groups excluding tert-OH is 1. The predicted molar refractivity (Wildman–Crippen MR) is 69.8 cm³/mol. The molecule has 0 fully saturated rings. The minimum atomic E-state index is -0.525. The molecule has 0 spiro atoms. The van der Waals surface area contributed by atoms with E-state index in [0.717, 1.165) is 5.56 Å². The summed E-state index contributed by atoms with van der Waals surface area (Å²) in [5, 5.41) is 9.79. The normalized spacial score (nSPS) is 12.7. The largest absolute Gasteiger partial charge is 0.392 e. The predicted octanol–water partition coefficient (Wildman–Crippen LogP) is 2.19. The van der Waals surface area contributed by atoms with Crippen molar-refractivity contribution in [2.45, 2.75) is 13.0 Å². The highest BCUT2D eigenvalue weighted by molar-refractivity contribution is 6.30. The Kier molecular flexibility index (Phi) is 5.19. The third-order valence-corrected chi connectivity index (χ3v) is 2.42. The lowest BCUT2D eigenvalue weighted by Crippen LogP contribution is -2.31. The summed E-state index contributed by atoms with van der Waals surface area (Å²) in [5.41, 5.74) is 0.872. The second-order valence-electron chi connectivity index (χ2n) is 3.96. The van der Waals surface area contributed by atoms with E-state index in [9.17, 15) is 4.79 Å². The average molecular weight is 254 g/mol. The van der Waals surface area contributed by atoms with Crippen molar-refractivity contribution < 1.29 is 9.90 Å². The van der Waals surface area contributed by atoms with Crippen LogP contribution < -0.4 is 0 Å². The molecule has 1 aromatic rings. The molecule has 1 rings (SSSR count). The van der Waals surface area contributed by atoms with E-state index in [4.69, 9.17) is 16.7 Å². The molecule has 0 saturated heterocycles. The van der Waals surface area contributed by atoms with Crippen molar-refractivity contribution in [2.75, 3.05) is 13.6 Å². The third kappa shape index (κ3) is 5.02. The molecule has 0 aliphatic heterocycles. The molecule has 17 heavy (non-hydrogen) atoms. The number of nitrogens with zero attached hydrogens (tertiary/aromatic N) is 1. The second-order valence-corrected chi connectivity index (χ2v) is 4.39. The zero-order valence-corrected chi connectivity index (χ0v) is 10.7. The van der Waals surface area contributed by atoms with Gasteiger partial charge in [0.15, 0.2) is 0 Å². The van der Waals surface area contributed by atoms with Crippen LogP contribution in [0.3, 0.4) is 0 Å². The fourth-order valence-corrected chi connectivity index (χ4v) is 1.59. The van der Waals surface area contributed by atoms with Gasteiger partial charge >= 0.3 is 0 Å². The van der Waals surface area contributed by atoms with E-state index < -0.39 is 6.10 Å². The SMILES string of the molecule is CC(O)CN(C)C(=O)C=Cc1cccc(Cl)c1. The zero-order valence-electron chi connectivity index (χ0n) is 9.93. The minimum absolute atomic E-state index is 0.147. The molecule has 1 aromatic carbocycles. The first kappa shape index (κ1) is 13.7. The molecule has 0 bridgehead atoms. The van der Waals surface area contributed by atoms with Crippen LogP contribution in [0, 0.1) is 0 Å². The highest BCUT2D eigenvalue weighted by Gasteiger charge is 2.07. The summed E-state index contributed by atoms with van der Waals surface area (Å²) in [6.45, 7) is 1.96. The lowest BCUT2D eigenvalue weighted by atomic mass is 10.2. The van der Waals surface area contributed by atoms with Gasteiger partial charge in [0.1, 0.15) is 0 Å². The van der Waals surface area contributed by atoms with Gasteiger partial charge in [0, 0.05) is 24.7 Å². The van der Waals surface area contributed by atoms with Gasteiger partial charge in [-0.25, -0.2) is 0 Å². The summed E-state index contributed by atoms with van der Waals surface area (Å²) in [6.07, 6.45) is 2.64. The Morgan fingerprint density at radius 2 is 2.29 bits per heavy atom. The molecule has 3 nitrogen and oxygen atoms in total. The highest BCUT2D eigenvalue weighted by atomic mass is 35.5. The van der Waals surface area contributed by atoms with Crippen LogP contribution in [0.25, 0.3) is 6.08 Å². The van der Waals surface area contributed by atoms with E-state index in [0.29, 0.717) is 11.6 Å². The average Bonchev–Trinajstić information content (AvgIpc) is 2.25. The van der Waals surface area contributed by atoms with E-state index in [2.05, 4.69) is 0 Å². The Balaban J connectivity index is 2.62. The van der Waals surface area contributed by atoms with Gasteiger partial charge in [-0.1, -0.05) is 23.7 Å². The van der Waals surface area contributed by atoms with Gasteiger partial charge in [-0.3, -0.25) is 4.79 Å². The number of carbonyl (C=O) groups excluding carboxylic acids is 1. The molecule has 1 unspecified atom stereocenters. The van der Waals surface area contributed by atoms with Crippen LogP contribution in [0.15, 0.2) is 30.3 Å². The molecule has 4 heteroatoms. The van der Waals surface area contributed by atoms with E-state index in [-0.39, 0.29) is 5.91 Å². The molecule has 1 atom stereocenters. The van der Waals surface area contributed by atoms with Crippen molar-refractivity contribution in [3.8, 4) is 0 Å². The summed E-state index contributed by atoms with van der Waals surface area (Å²) in [7, 11) is 1.65. The summed E-state index contributed by atoms with van der Waals surface area (Å²) in [6, 6.07) is 7.25. The molecule has 0 saturated carbocycles. The van der Waals surface area contributed by atoms with Crippen molar-refractivity contribution >= 4 is 23.6 Å². The zero-order chi connectivity index (χ0) is 12.8. The molecule has 0 heterocycles. The summed E-state index contributed by atoms with van der Waals surface area (Å²) < 4.78 is 0. The topological polar surface area (TPSA) is 40.5 Å². The molecule has 0 aliphatic carbocycles. The molecule has 0 aromatic heterocycles. The van der Waals surface area contributed by atoms with E-state index >= 15 is 0 Å². The van der Waals surface area contributed by atoms with Crippen molar-refractivity contribution in [1.82, 2.24) is 4.90 Å². The lowest BCUT2D eigenvalue weighted by Gasteiger charge is -2.16. The maximum atomic E-state index is 11.6. The number of hydrogen-bond acceptors (Lipinski definition) is 2. The summed E-state index contributed by atoms with van der Waals surface area (Å²) in [5.74, 6) is -0.147. The van der Waals surface area contributed by atoms with Crippen LogP contribution in [0.4, 0.5) is 0 Å². The smallest absolute Gasteiger partial charge is 0.246 e. The first-order valence-corrected chi connectivity index (χ1v) is 5.73. The molecule has 92 valence electrons. The summed E-state index contributed by atoms with van der Waals surface area (Å²) in [4.78, 5) is 13.1. The van der Waals surface area contributed by atoms with Crippen LogP contribution in [0.2, 0.25) is 5.02 Å². The van der Waals surface area contributed by atoms with Gasteiger partial charge in [-0.05, 0) is 30.7 Å². The van der Waals surface area contributed by atoms with Crippen molar-refractivity contribution in [2.24, 2.45) is 0 Å². The number of rotatable bonds is 4. The Bertz CT molecular complexity index is 416. The Hall–Kier alpha value is -1.32. The van der Waals surface area contributed by atoms with Crippen LogP contribution in [-0.2, 0) is 4.79 Å². The van der Waals surface area contributed by atoms with Crippen LogP contribution in [0.5, 0.6) is 0 Å². The van der Waals surface area contributed by atoms with E-state index in [1.165, 1.54) is 11.0 Å². The number of likely N-dealkylation sites (N-methyl/N-ethyl adjacent to an activating group) is 1. The standard InChI is InChI=1S/C13H16ClNO2/c1-10(16)9-15(2)13(17)7-6-11-4-3-5-12(14)8-11/h3-8,10,16H,9H2,1-2H3. The first-order chi connectivity index (χ1) is 7.99. The Labute approximate surface area is 106 Å². The van der Waals surface area contributed by atoms with Gasteiger partial charge in [0.2, 0.25) is 5.91 Å². The van der Waals surface area contributed by atoms with Crippen LogP contribution in [0.1, 0.15) is 12.5 Å². The van der Waals surface area contributed by atoms with Crippen LogP contribution >= 0.6 is 11.6 Å². The maximum Gasteiger partial charge on any atom is 0.246 e. The van der Waals surface area contributed by atoms with E-state index in [1.807, 2.05) is 12.1 Å². The highest BCUT2D eigenvalue weighted by Crippen LogP contribution is 2.11. The van der Waals surface area contributed by atoms with E-state index in [1.54, 1.807) is 32.2 Å². The van der Waals surface area contributed by atoms with Gasteiger partial charge < -0.3 is 10.0 Å². The molecule has 1 amide bonds. The fraction of sp³-hybridized carbons (Fsp3) is 0.308. The van der Waals surface area contributed by atoms with Gasteiger partial charge in [0.05, 0.1) is 6.10 Å². The quantitative estimate of drug-likeness (QED) is 0.836. The number of hydrogen-bond donors (Lipinski definition) is 1. The number of halogens is 1. The Morgan fingerprint density at radius 3 is 2.88 bits per heavy atom.